The minimum atomic E-state index is -4.30. The van der Waals surface area contributed by atoms with Crippen molar-refractivity contribution in [3.8, 4) is 0 Å². The van der Waals surface area contributed by atoms with E-state index in [1.807, 2.05) is 11.8 Å². The number of hydrogen-bond acceptors (Lipinski definition) is 4. The van der Waals surface area contributed by atoms with Crippen LogP contribution < -0.4 is 4.31 Å². The second-order valence-electron chi connectivity index (χ2n) is 9.31. The average molecular weight is 541 g/mol. The monoisotopic (exact) mass is 540 g/mol. The van der Waals surface area contributed by atoms with Gasteiger partial charge in [0.25, 0.3) is 10.0 Å². The van der Waals surface area contributed by atoms with Crippen molar-refractivity contribution < 1.29 is 22.0 Å². The molecule has 36 heavy (non-hydrogen) atoms. The van der Waals surface area contributed by atoms with Gasteiger partial charge in [0.05, 0.1) is 16.6 Å². The largest absolute Gasteiger partial charge is 0.323 e. The molecule has 0 saturated carbocycles. The van der Waals surface area contributed by atoms with E-state index in [9.17, 15) is 22.0 Å². The smallest absolute Gasteiger partial charge is 0.320 e. The van der Waals surface area contributed by atoms with Gasteiger partial charge in [-0.05, 0) is 62.7 Å². The highest BCUT2D eigenvalue weighted by Crippen LogP contribution is 2.33. The zero-order valence-corrected chi connectivity index (χ0v) is 22.0. The number of halogens is 3. The van der Waals surface area contributed by atoms with E-state index in [1.54, 1.807) is 4.90 Å². The molecule has 2 aliphatic rings. The van der Waals surface area contributed by atoms with E-state index in [0.29, 0.717) is 31.0 Å². The number of rotatable bonds is 5. The quantitative estimate of drug-likeness (QED) is 0.563. The van der Waals surface area contributed by atoms with Crippen molar-refractivity contribution in [2.45, 2.75) is 43.7 Å². The summed E-state index contributed by atoms with van der Waals surface area (Å²) in [5.41, 5.74) is -0.380. The van der Waals surface area contributed by atoms with Crippen LogP contribution in [0, 0.1) is 11.6 Å². The van der Waals surface area contributed by atoms with Crippen molar-refractivity contribution in [2.24, 2.45) is 0 Å². The molecule has 2 fully saturated rings. The van der Waals surface area contributed by atoms with Crippen molar-refractivity contribution in [1.82, 2.24) is 14.7 Å². The number of likely N-dealkylation sites (N-methyl/N-ethyl adjacent to an activating group) is 1. The number of nitrogens with zero attached hydrogens (tertiary/aromatic N) is 4. The first-order valence-corrected chi connectivity index (χ1v) is 14.0. The molecule has 2 aliphatic heterocycles. The molecular formula is C25H31ClF2N4O3S. The molecule has 0 aromatic heterocycles. The molecule has 2 saturated heterocycles. The van der Waals surface area contributed by atoms with Crippen LogP contribution in [0.1, 0.15) is 26.7 Å². The molecule has 4 rings (SSSR count). The summed E-state index contributed by atoms with van der Waals surface area (Å²) in [6.07, 6.45) is 0.926. The number of hydrogen-bond donors (Lipinski definition) is 0. The number of anilines is 1. The molecule has 0 unspecified atom stereocenters. The van der Waals surface area contributed by atoms with Gasteiger partial charge in [-0.1, -0.05) is 18.5 Å². The third-order valence-electron chi connectivity index (χ3n) is 6.92. The van der Waals surface area contributed by atoms with Gasteiger partial charge in [0.1, 0.15) is 11.6 Å². The second kappa shape index (κ2) is 10.9. The molecule has 7 nitrogen and oxygen atoms in total. The molecule has 2 aromatic rings. The lowest BCUT2D eigenvalue weighted by Crippen LogP contribution is -2.60. The lowest BCUT2D eigenvalue weighted by atomic mass is 10.0. The summed E-state index contributed by atoms with van der Waals surface area (Å²) < 4.78 is 57.7. The molecule has 196 valence electrons. The van der Waals surface area contributed by atoms with Gasteiger partial charge in [0.2, 0.25) is 0 Å². The average Bonchev–Trinajstić information content (AvgIpc) is 2.86. The number of amides is 2. The maximum Gasteiger partial charge on any atom is 0.320 e. The number of likely N-dealkylation sites (tertiary alicyclic amines) is 1. The second-order valence-corrected chi connectivity index (χ2v) is 11.6. The van der Waals surface area contributed by atoms with Crippen LogP contribution in [-0.2, 0) is 10.0 Å². The number of carbonyl (C=O) groups is 1. The van der Waals surface area contributed by atoms with Gasteiger partial charge in [0, 0.05) is 49.9 Å². The van der Waals surface area contributed by atoms with Crippen molar-refractivity contribution in [3.63, 3.8) is 0 Å². The maximum absolute atomic E-state index is 15.0. The first-order chi connectivity index (χ1) is 17.1. The van der Waals surface area contributed by atoms with Crippen molar-refractivity contribution in [1.29, 1.82) is 0 Å². The summed E-state index contributed by atoms with van der Waals surface area (Å²) in [6.45, 7) is 7.66. The Morgan fingerprint density at radius 1 is 1.08 bits per heavy atom. The first-order valence-electron chi connectivity index (χ1n) is 12.1. The molecule has 0 spiro atoms. The van der Waals surface area contributed by atoms with Crippen LogP contribution in [0.5, 0.6) is 0 Å². The van der Waals surface area contributed by atoms with Crippen LogP contribution in [0.15, 0.2) is 47.4 Å². The number of carbonyl (C=O) groups excluding carboxylic acids is 1. The third-order valence-corrected chi connectivity index (χ3v) is 9.05. The molecule has 2 aromatic carbocycles. The van der Waals surface area contributed by atoms with Gasteiger partial charge in [0.15, 0.2) is 0 Å². The highest BCUT2D eigenvalue weighted by Gasteiger charge is 2.39. The van der Waals surface area contributed by atoms with E-state index < -0.39 is 27.7 Å². The molecule has 0 aliphatic carbocycles. The number of urea groups is 1. The fourth-order valence-electron chi connectivity index (χ4n) is 5.00. The summed E-state index contributed by atoms with van der Waals surface area (Å²) in [7, 11) is -4.30. The predicted molar refractivity (Wildman–Crippen MR) is 136 cm³/mol. The van der Waals surface area contributed by atoms with Crippen molar-refractivity contribution >= 4 is 33.3 Å². The zero-order valence-electron chi connectivity index (χ0n) is 20.4. The first kappa shape index (κ1) is 26.6. The topological polar surface area (TPSA) is 64.2 Å². The lowest BCUT2D eigenvalue weighted by Gasteiger charge is -2.45. The summed E-state index contributed by atoms with van der Waals surface area (Å²) in [6, 6.07) is 7.36. The summed E-state index contributed by atoms with van der Waals surface area (Å²) in [5.74, 6) is -1.62. The third kappa shape index (κ3) is 5.45. The molecule has 0 N–H and O–H groups in total. The van der Waals surface area contributed by atoms with Crippen LogP contribution in [0.2, 0.25) is 5.02 Å². The molecule has 2 amide bonds. The Morgan fingerprint density at radius 3 is 2.47 bits per heavy atom. The van der Waals surface area contributed by atoms with Gasteiger partial charge < -0.3 is 9.80 Å². The normalized spacial score (nSPS) is 21.5. The van der Waals surface area contributed by atoms with Gasteiger partial charge in [-0.2, -0.15) is 0 Å². The van der Waals surface area contributed by atoms with Gasteiger partial charge in [-0.3, -0.25) is 9.21 Å². The van der Waals surface area contributed by atoms with Crippen molar-refractivity contribution in [3.05, 3.63) is 59.1 Å². The molecule has 11 heteroatoms. The summed E-state index contributed by atoms with van der Waals surface area (Å²) in [5, 5.41) is 0.351. The lowest BCUT2D eigenvalue weighted by molar-refractivity contribution is 0.0777. The number of piperazine rings is 1. The Labute approximate surface area is 216 Å². The number of sulfonamides is 1. The minimum absolute atomic E-state index is 0.0149. The highest BCUT2D eigenvalue weighted by molar-refractivity contribution is 7.92. The number of benzene rings is 2. The minimum Gasteiger partial charge on any atom is -0.323 e. The Morgan fingerprint density at radius 2 is 1.81 bits per heavy atom. The molecule has 0 bridgehead atoms. The SMILES string of the molecule is CCN1CCN(C(=O)N2CCC[C@H](N(c3cc(F)ccc3F)S(=O)(=O)c3ccc(Cl)cc3)C2)[C@@H](C)C1. The maximum atomic E-state index is 15.0. The van der Waals surface area contributed by atoms with E-state index in [4.69, 9.17) is 11.6 Å². The van der Waals surface area contributed by atoms with E-state index in [1.165, 1.54) is 24.3 Å². The Balaban J connectivity index is 1.66. The van der Waals surface area contributed by atoms with Gasteiger partial charge in [-0.15, -0.1) is 0 Å². The molecule has 2 heterocycles. The summed E-state index contributed by atoms with van der Waals surface area (Å²) in [4.78, 5) is 19.1. The fourth-order valence-corrected chi connectivity index (χ4v) is 6.80. The Bertz CT molecular complexity index is 1200. The van der Waals surface area contributed by atoms with E-state index >= 15 is 0 Å². The zero-order chi connectivity index (χ0) is 26.0. The highest BCUT2D eigenvalue weighted by atomic mass is 35.5. The number of piperidine rings is 1. The van der Waals surface area contributed by atoms with Crippen LogP contribution in [0.25, 0.3) is 0 Å². The van der Waals surface area contributed by atoms with Crippen LogP contribution in [0.4, 0.5) is 19.3 Å². The van der Waals surface area contributed by atoms with Crippen LogP contribution in [0.3, 0.4) is 0 Å². The molecular weight excluding hydrogens is 510 g/mol. The predicted octanol–water partition coefficient (Wildman–Crippen LogP) is 4.42. The fraction of sp³-hybridized carbons (Fsp3) is 0.480. The molecule has 2 atom stereocenters. The summed E-state index contributed by atoms with van der Waals surface area (Å²) >= 11 is 5.94. The van der Waals surface area contributed by atoms with Gasteiger partial charge >= 0.3 is 6.03 Å². The van der Waals surface area contributed by atoms with Gasteiger partial charge in [-0.25, -0.2) is 22.0 Å². The van der Waals surface area contributed by atoms with E-state index in [2.05, 4.69) is 11.8 Å². The van der Waals surface area contributed by atoms with Crippen LogP contribution in [-0.4, -0.2) is 80.5 Å². The molecule has 0 radical (unpaired) electrons. The van der Waals surface area contributed by atoms with Crippen LogP contribution >= 0.6 is 11.6 Å². The van der Waals surface area contributed by atoms with E-state index in [0.717, 1.165) is 42.1 Å². The van der Waals surface area contributed by atoms with Crippen molar-refractivity contribution in [2.75, 3.05) is 43.6 Å². The Kier molecular flexibility index (Phi) is 8.06. The Hall–Kier alpha value is -2.43. The standard InChI is InChI=1S/C25H31ClF2N4O3S/c1-3-29-13-14-31(18(2)16-29)25(33)30-12-4-5-21(17-30)32(24-15-20(27)8-11-23(24)28)36(34,35)22-9-6-19(26)7-10-22/h6-11,15,18,21H,3-5,12-14,16-17H2,1-2H3/t18-,21-/m0/s1. The van der Waals surface area contributed by atoms with E-state index in [-0.39, 0.29) is 29.2 Å².